The second-order valence-corrected chi connectivity index (χ2v) is 1.29. The van der Waals surface area contributed by atoms with Crippen LogP contribution in [0.1, 0.15) is 6.92 Å². The maximum Gasteiger partial charge on any atom is 0.157 e. The SMILES string of the molecule is COC(C)OP.O=NO. The summed E-state index contributed by atoms with van der Waals surface area (Å²) < 4.78 is 9.25. The third-order valence-electron chi connectivity index (χ3n) is 0.524. The smallest absolute Gasteiger partial charge is 0.157 e. The van der Waals surface area contributed by atoms with Gasteiger partial charge in [0.05, 0.1) is 0 Å². The first-order valence-electron chi connectivity index (χ1n) is 2.08. The molecule has 9 heavy (non-hydrogen) atoms. The highest BCUT2D eigenvalue weighted by Crippen LogP contribution is 1.94. The quantitative estimate of drug-likeness (QED) is 0.278. The lowest BCUT2D eigenvalue weighted by Crippen LogP contribution is -2.01. The van der Waals surface area contributed by atoms with Gasteiger partial charge in [-0.25, -0.2) is 0 Å². The van der Waals surface area contributed by atoms with Gasteiger partial charge in [0, 0.05) is 16.6 Å². The average molecular weight is 155 g/mol. The fourth-order valence-electron chi connectivity index (χ4n) is 0.0556. The van der Waals surface area contributed by atoms with Gasteiger partial charge in [-0.3, -0.25) is 0 Å². The fraction of sp³-hybridized carbons (Fsp3) is 1.00. The van der Waals surface area contributed by atoms with E-state index >= 15 is 0 Å². The van der Waals surface area contributed by atoms with Crippen LogP contribution in [0.5, 0.6) is 0 Å². The van der Waals surface area contributed by atoms with E-state index in [4.69, 9.17) is 10.1 Å². The number of rotatable bonds is 2. The highest BCUT2D eigenvalue weighted by Gasteiger charge is 1.88. The Bertz CT molecular complexity index is 57.8. The van der Waals surface area contributed by atoms with Gasteiger partial charge in [0.2, 0.25) is 0 Å². The molecule has 0 bridgehead atoms. The van der Waals surface area contributed by atoms with Crippen molar-refractivity contribution in [2.24, 2.45) is 5.34 Å². The molecule has 0 rings (SSSR count). The third-order valence-corrected chi connectivity index (χ3v) is 0.907. The van der Waals surface area contributed by atoms with Crippen molar-refractivity contribution in [3.8, 4) is 0 Å². The van der Waals surface area contributed by atoms with Crippen molar-refractivity contribution in [1.82, 2.24) is 0 Å². The summed E-state index contributed by atoms with van der Waals surface area (Å²) in [5.74, 6) is 0. The zero-order valence-corrected chi connectivity index (χ0v) is 6.43. The van der Waals surface area contributed by atoms with Crippen LogP contribution in [0.25, 0.3) is 0 Å². The van der Waals surface area contributed by atoms with Gasteiger partial charge in [-0.05, 0) is 6.92 Å². The molecule has 0 aliphatic carbocycles. The first-order valence-corrected chi connectivity index (χ1v) is 2.55. The van der Waals surface area contributed by atoms with Crippen molar-refractivity contribution >= 4 is 9.47 Å². The van der Waals surface area contributed by atoms with Gasteiger partial charge in [0.1, 0.15) is 0 Å². The first-order chi connectivity index (χ1) is 4.22. The van der Waals surface area contributed by atoms with Crippen LogP contribution in [-0.2, 0) is 9.26 Å². The highest BCUT2D eigenvalue weighted by atomic mass is 31.0. The summed E-state index contributed by atoms with van der Waals surface area (Å²) in [5.41, 5.74) is 0. The Balaban J connectivity index is 0. The molecule has 0 aliphatic heterocycles. The van der Waals surface area contributed by atoms with Gasteiger partial charge in [-0.15, -0.1) is 4.91 Å². The topological polar surface area (TPSA) is 68.1 Å². The summed E-state index contributed by atoms with van der Waals surface area (Å²) in [7, 11) is 3.71. The molecular weight excluding hydrogens is 145 g/mol. The van der Waals surface area contributed by atoms with Crippen molar-refractivity contribution < 1.29 is 14.5 Å². The van der Waals surface area contributed by atoms with Crippen LogP contribution in [0, 0.1) is 4.91 Å². The predicted octanol–water partition coefficient (Wildman–Crippen LogP) is 0.927. The first kappa shape index (κ1) is 11.5. The number of hydrogen-bond acceptors (Lipinski definition) is 4. The lowest BCUT2D eigenvalue weighted by Gasteiger charge is -2.02. The van der Waals surface area contributed by atoms with Crippen LogP contribution >= 0.6 is 9.47 Å². The molecule has 0 aromatic rings. The van der Waals surface area contributed by atoms with Gasteiger partial charge < -0.3 is 14.5 Å². The molecule has 0 aromatic heterocycles. The van der Waals surface area contributed by atoms with E-state index in [-0.39, 0.29) is 6.29 Å². The monoisotopic (exact) mass is 155 g/mol. The molecule has 0 radical (unpaired) electrons. The Morgan fingerprint density at radius 1 is 1.78 bits per heavy atom. The number of ether oxygens (including phenoxy) is 1. The normalized spacial score (nSPS) is 11.0. The van der Waals surface area contributed by atoms with Crippen LogP contribution in [-0.4, -0.2) is 18.6 Å². The van der Waals surface area contributed by atoms with E-state index in [1.807, 2.05) is 6.92 Å². The molecule has 5 nitrogen and oxygen atoms in total. The molecule has 0 saturated carbocycles. The predicted molar refractivity (Wildman–Crippen MR) is 34.8 cm³/mol. The molecule has 1 N–H and O–H groups in total. The van der Waals surface area contributed by atoms with E-state index < -0.39 is 0 Å². The average Bonchev–Trinajstić information content (AvgIpc) is 1.88. The minimum atomic E-state index is -0.102. The summed E-state index contributed by atoms with van der Waals surface area (Å²) in [5, 5.41) is 7.89. The molecule has 6 heteroatoms. The summed E-state index contributed by atoms with van der Waals surface area (Å²) >= 11 is 0. The Morgan fingerprint density at radius 3 is 2.11 bits per heavy atom. The van der Waals surface area contributed by atoms with Crippen molar-refractivity contribution in [3.63, 3.8) is 0 Å². The summed E-state index contributed by atoms with van der Waals surface area (Å²) in [6.45, 7) is 1.81. The molecule has 0 spiro atoms. The van der Waals surface area contributed by atoms with Crippen molar-refractivity contribution in [1.29, 1.82) is 0 Å². The van der Waals surface area contributed by atoms with Gasteiger partial charge in [0.15, 0.2) is 11.6 Å². The zero-order chi connectivity index (χ0) is 7.70. The van der Waals surface area contributed by atoms with Crippen LogP contribution in [0.3, 0.4) is 0 Å². The zero-order valence-electron chi connectivity index (χ0n) is 5.27. The molecule has 0 aromatic carbocycles. The van der Waals surface area contributed by atoms with E-state index in [2.05, 4.69) is 18.7 Å². The molecule has 0 aliphatic rings. The number of hydrogen-bond donors (Lipinski definition) is 1. The van der Waals surface area contributed by atoms with Crippen LogP contribution < -0.4 is 0 Å². The highest BCUT2D eigenvalue weighted by molar-refractivity contribution is 7.09. The molecule has 2 unspecified atom stereocenters. The van der Waals surface area contributed by atoms with Gasteiger partial charge in [-0.1, -0.05) is 0 Å². The van der Waals surface area contributed by atoms with Crippen molar-refractivity contribution in [2.45, 2.75) is 13.2 Å². The minimum absolute atomic E-state index is 0.102. The van der Waals surface area contributed by atoms with E-state index in [0.717, 1.165) is 0 Å². The summed E-state index contributed by atoms with van der Waals surface area (Å²) in [6, 6.07) is 0. The Kier molecular flexibility index (Phi) is 13.7. The Labute approximate surface area is 55.6 Å². The van der Waals surface area contributed by atoms with Crippen molar-refractivity contribution in [3.05, 3.63) is 4.91 Å². The molecule has 2 atom stereocenters. The molecule has 0 saturated heterocycles. The molecule has 0 fully saturated rings. The molecule has 56 valence electrons. The largest absolute Gasteiger partial charge is 0.379 e. The lowest BCUT2D eigenvalue weighted by molar-refractivity contribution is -0.0259. The Morgan fingerprint density at radius 2 is 2.11 bits per heavy atom. The lowest BCUT2D eigenvalue weighted by atomic mass is 10.8. The number of methoxy groups -OCH3 is 1. The third kappa shape index (κ3) is 18.2. The van der Waals surface area contributed by atoms with E-state index in [9.17, 15) is 0 Å². The summed E-state index contributed by atoms with van der Waals surface area (Å²) in [4.78, 5) is 8.11. The van der Waals surface area contributed by atoms with Gasteiger partial charge in [0.25, 0.3) is 0 Å². The van der Waals surface area contributed by atoms with Gasteiger partial charge in [-0.2, -0.15) is 0 Å². The number of nitrogens with zero attached hydrogens (tertiary/aromatic N) is 1. The van der Waals surface area contributed by atoms with Crippen LogP contribution in [0.4, 0.5) is 0 Å². The van der Waals surface area contributed by atoms with Crippen molar-refractivity contribution in [2.75, 3.05) is 7.11 Å². The molecule has 0 heterocycles. The maximum absolute atomic E-state index is 8.11. The van der Waals surface area contributed by atoms with E-state index in [1.165, 1.54) is 5.34 Å². The molecule has 0 amide bonds. The Hall–Kier alpha value is -0.250. The van der Waals surface area contributed by atoms with Gasteiger partial charge >= 0.3 is 0 Å². The maximum atomic E-state index is 8.11. The standard InChI is InChI=1S/C3H9O2P.HNO2/c1-3(4-2)5-6;2-1-3/h3H,6H2,1-2H3;(H,2,3). The second-order valence-electron chi connectivity index (χ2n) is 1.02. The fourth-order valence-corrected chi connectivity index (χ4v) is 0.167. The van der Waals surface area contributed by atoms with E-state index in [0.29, 0.717) is 0 Å². The second kappa shape index (κ2) is 10.7. The minimum Gasteiger partial charge on any atom is -0.379 e. The summed E-state index contributed by atoms with van der Waals surface area (Å²) in [6.07, 6.45) is -0.102. The van der Waals surface area contributed by atoms with Crippen LogP contribution in [0.2, 0.25) is 0 Å². The molecular formula is C3H10NO4P. The van der Waals surface area contributed by atoms with Crippen LogP contribution in [0.15, 0.2) is 5.34 Å². The van der Waals surface area contributed by atoms with E-state index in [1.54, 1.807) is 7.11 Å².